The molecule has 0 saturated carbocycles. The Bertz CT molecular complexity index is 1410. The molecular formula is C29H32FN5O2. The van der Waals surface area contributed by atoms with Crippen LogP contribution in [0.3, 0.4) is 0 Å². The zero-order valence-electron chi connectivity index (χ0n) is 21.6. The molecule has 1 atom stereocenters. The van der Waals surface area contributed by atoms with E-state index in [0.717, 1.165) is 35.1 Å². The van der Waals surface area contributed by atoms with Gasteiger partial charge in [-0.25, -0.2) is 4.39 Å². The van der Waals surface area contributed by atoms with Crippen LogP contribution in [0, 0.1) is 11.7 Å². The van der Waals surface area contributed by atoms with Gasteiger partial charge in [0.25, 0.3) is 5.91 Å². The van der Waals surface area contributed by atoms with Crippen molar-refractivity contribution in [3.63, 3.8) is 0 Å². The van der Waals surface area contributed by atoms with Crippen molar-refractivity contribution in [1.82, 2.24) is 25.0 Å². The highest BCUT2D eigenvalue weighted by Gasteiger charge is 2.40. The Labute approximate surface area is 216 Å². The number of pyridine rings is 1. The number of carbonyl (C=O) groups excluding carboxylic acids is 1. The number of halogens is 1. The second-order valence-corrected chi connectivity index (χ2v) is 9.89. The van der Waals surface area contributed by atoms with Crippen LogP contribution < -0.4 is 4.74 Å². The lowest BCUT2D eigenvalue weighted by molar-refractivity contribution is 0.0104. The number of amides is 1. The van der Waals surface area contributed by atoms with Crippen molar-refractivity contribution in [2.75, 3.05) is 26.7 Å². The van der Waals surface area contributed by atoms with Crippen LogP contribution in [-0.4, -0.2) is 63.7 Å². The van der Waals surface area contributed by atoms with Crippen LogP contribution in [-0.2, 0) is 0 Å². The van der Waals surface area contributed by atoms with Gasteiger partial charge in [-0.1, -0.05) is 12.1 Å². The summed E-state index contributed by atoms with van der Waals surface area (Å²) >= 11 is 0. The van der Waals surface area contributed by atoms with E-state index in [4.69, 9.17) is 4.74 Å². The molecule has 1 aliphatic rings. The van der Waals surface area contributed by atoms with Gasteiger partial charge in [-0.3, -0.25) is 14.9 Å². The van der Waals surface area contributed by atoms with E-state index in [1.54, 1.807) is 30.6 Å². The van der Waals surface area contributed by atoms with Crippen molar-refractivity contribution < 1.29 is 13.9 Å². The number of aromatic nitrogens is 3. The van der Waals surface area contributed by atoms with Crippen molar-refractivity contribution in [2.45, 2.75) is 32.9 Å². The van der Waals surface area contributed by atoms with Gasteiger partial charge in [0, 0.05) is 66.6 Å². The highest BCUT2D eigenvalue weighted by Crippen LogP contribution is 2.39. The van der Waals surface area contributed by atoms with Crippen molar-refractivity contribution in [1.29, 1.82) is 0 Å². The van der Waals surface area contributed by atoms with E-state index in [1.165, 1.54) is 12.1 Å². The molecule has 3 heterocycles. The van der Waals surface area contributed by atoms with Gasteiger partial charge in [0.05, 0.1) is 24.4 Å². The molecule has 5 rings (SSSR count). The standard InChI is InChI=1S/C29H32FN5O2/c1-5-37-26-12-20(9-10-24(26)19-7-6-8-23(30)11-19)29(36)34(4)28(22-16-35(17-22)18(2)3)25-15-31-13-21-14-32-33-27(21)25/h6-15,18,22,28H,5,16-17H2,1-4H3,(H,32,33)/t28-/m0/s1. The van der Waals surface area contributed by atoms with E-state index in [2.05, 4.69) is 33.9 Å². The van der Waals surface area contributed by atoms with Crippen LogP contribution in [0.2, 0.25) is 0 Å². The average molecular weight is 502 g/mol. The van der Waals surface area contributed by atoms with Gasteiger partial charge in [0.1, 0.15) is 11.6 Å². The number of ether oxygens (including phenoxy) is 1. The fourth-order valence-corrected chi connectivity index (χ4v) is 5.22. The molecular weight excluding hydrogens is 469 g/mol. The summed E-state index contributed by atoms with van der Waals surface area (Å²) in [5.41, 5.74) is 3.82. The third kappa shape index (κ3) is 4.81. The predicted octanol–water partition coefficient (Wildman–Crippen LogP) is 5.32. The monoisotopic (exact) mass is 501 g/mol. The lowest BCUT2D eigenvalue weighted by Crippen LogP contribution is -2.55. The predicted molar refractivity (Wildman–Crippen MR) is 142 cm³/mol. The first-order chi connectivity index (χ1) is 17.9. The lowest BCUT2D eigenvalue weighted by atomic mass is 9.84. The molecule has 2 aromatic heterocycles. The van der Waals surface area contributed by atoms with E-state index >= 15 is 0 Å². The van der Waals surface area contributed by atoms with Crippen LogP contribution in [0.4, 0.5) is 4.39 Å². The third-order valence-electron chi connectivity index (χ3n) is 7.22. The maximum absolute atomic E-state index is 13.9. The summed E-state index contributed by atoms with van der Waals surface area (Å²) in [7, 11) is 1.85. The molecule has 1 amide bonds. The number of likely N-dealkylation sites (tertiary alicyclic amines) is 1. The zero-order chi connectivity index (χ0) is 26.1. The second-order valence-electron chi connectivity index (χ2n) is 9.89. The van der Waals surface area contributed by atoms with Crippen molar-refractivity contribution in [2.24, 2.45) is 5.92 Å². The van der Waals surface area contributed by atoms with Gasteiger partial charge in [0.15, 0.2) is 0 Å². The number of rotatable bonds is 8. The van der Waals surface area contributed by atoms with Gasteiger partial charge in [0.2, 0.25) is 0 Å². The Kier molecular flexibility index (Phi) is 6.93. The smallest absolute Gasteiger partial charge is 0.254 e. The van der Waals surface area contributed by atoms with Crippen molar-refractivity contribution >= 4 is 16.8 Å². The van der Waals surface area contributed by atoms with E-state index in [9.17, 15) is 9.18 Å². The quantitative estimate of drug-likeness (QED) is 0.354. The molecule has 37 heavy (non-hydrogen) atoms. The van der Waals surface area contributed by atoms with E-state index in [-0.39, 0.29) is 23.7 Å². The number of carbonyl (C=O) groups is 1. The molecule has 2 aromatic carbocycles. The average Bonchev–Trinajstić information content (AvgIpc) is 3.34. The number of nitrogens with zero attached hydrogens (tertiary/aromatic N) is 4. The number of hydrogen-bond acceptors (Lipinski definition) is 5. The Morgan fingerprint density at radius 1 is 1.19 bits per heavy atom. The van der Waals surface area contributed by atoms with Crippen LogP contribution >= 0.6 is 0 Å². The van der Waals surface area contributed by atoms with Crippen LogP contribution in [0.25, 0.3) is 22.0 Å². The Morgan fingerprint density at radius 3 is 2.73 bits per heavy atom. The molecule has 1 fully saturated rings. The van der Waals surface area contributed by atoms with Gasteiger partial charge in [-0.2, -0.15) is 5.10 Å². The summed E-state index contributed by atoms with van der Waals surface area (Å²) in [6, 6.07) is 12.0. The number of nitrogens with one attached hydrogen (secondary N) is 1. The molecule has 0 unspecified atom stereocenters. The first kappa shape index (κ1) is 24.9. The fraction of sp³-hybridized carbons (Fsp3) is 0.345. The summed E-state index contributed by atoms with van der Waals surface area (Å²) in [5.74, 6) is 0.373. The van der Waals surface area contributed by atoms with E-state index in [1.807, 2.05) is 37.2 Å². The first-order valence-corrected chi connectivity index (χ1v) is 12.7. The topological polar surface area (TPSA) is 74.3 Å². The number of fused-ring (bicyclic) bond motifs is 1. The van der Waals surface area contributed by atoms with Crippen LogP contribution in [0.1, 0.15) is 42.7 Å². The molecule has 0 bridgehead atoms. The fourth-order valence-electron chi connectivity index (χ4n) is 5.22. The number of H-pyrrole nitrogens is 1. The Morgan fingerprint density at radius 2 is 2.00 bits per heavy atom. The Balaban J connectivity index is 1.50. The molecule has 0 spiro atoms. The molecule has 7 nitrogen and oxygen atoms in total. The van der Waals surface area contributed by atoms with Crippen LogP contribution in [0.15, 0.2) is 61.1 Å². The molecule has 1 N–H and O–H groups in total. The SMILES string of the molecule is CCOc1cc(C(=O)N(C)[C@H](c2cncc3cn[nH]c23)C2CN(C(C)C)C2)ccc1-c1cccc(F)c1. The maximum atomic E-state index is 13.9. The van der Waals surface area contributed by atoms with Crippen LogP contribution in [0.5, 0.6) is 5.75 Å². The molecule has 0 radical (unpaired) electrons. The number of aromatic amines is 1. The van der Waals surface area contributed by atoms with Crippen molar-refractivity contribution in [3.8, 4) is 16.9 Å². The summed E-state index contributed by atoms with van der Waals surface area (Å²) in [6.07, 6.45) is 5.37. The summed E-state index contributed by atoms with van der Waals surface area (Å²) < 4.78 is 19.8. The molecule has 4 aromatic rings. The normalized spacial score (nSPS) is 15.1. The van der Waals surface area contributed by atoms with Gasteiger partial charge in [-0.05, 0) is 56.7 Å². The van der Waals surface area contributed by atoms with E-state index in [0.29, 0.717) is 29.5 Å². The van der Waals surface area contributed by atoms with Gasteiger partial charge < -0.3 is 14.5 Å². The van der Waals surface area contributed by atoms with Crippen molar-refractivity contribution in [3.05, 3.63) is 78.0 Å². The summed E-state index contributed by atoms with van der Waals surface area (Å²) in [4.78, 5) is 22.6. The zero-order valence-corrected chi connectivity index (χ0v) is 21.6. The third-order valence-corrected chi connectivity index (χ3v) is 7.22. The van der Waals surface area contributed by atoms with Gasteiger partial charge in [-0.15, -0.1) is 0 Å². The highest BCUT2D eigenvalue weighted by molar-refractivity contribution is 5.96. The lowest BCUT2D eigenvalue weighted by Gasteiger charge is -2.48. The highest BCUT2D eigenvalue weighted by atomic mass is 19.1. The summed E-state index contributed by atoms with van der Waals surface area (Å²) in [6.45, 7) is 8.49. The summed E-state index contributed by atoms with van der Waals surface area (Å²) in [5, 5.41) is 8.23. The first-order valence-electron chi connectivity index (χ1n) is 12.7. The van der Waals surface area contributed by atoms with E-state index < -0.39 is 0 Å². The molecule has 1 saturated heterocycles. The largest absolute Gasteiger partial charge is 0.493 e. The molecule has 192 valence electrons. The minimum Gasteiger partial charge on any atom is -0.493 e. The minimum absolute atomic E-state index is 0.115. The number of hydrogen-bond donors (Lipinski definition) is 1. The maximum Gasteiger partial charge on any atom is 0.254 e. The minimum atomic E-state index is -0.319. The number of benzene rings is 2. The second kappa shape index (κ2) is 10.3. The molecule has 8 heteroatoms. The Hall–Kier alpha value is -3.78. The molecule has 1 aliphatic heterocycles. The van der Waals surface area contributed by atoms with Gasteiger partial charge >= 0.3 is 0 Å². The molecule has 0 aliphatic carbocycles.